The molecule has 8 heteroatoms. The number of hydrogen-bond acceptors (Lipinski definition) is 6. The molecule has 3 heterocycles. The molecule has 0 spiro atoms. The van der Waals surface area contributed by atoms with Gasteiger partial charge in [-0.25, -0.2) is 9.78 Å². The molecule has 1 aliphatic carbocycles. The first-order chi connectivity index (χ1) is 10.7. The van der Waals surface area contributed by atoms with Crippen molar-refractivity contribution in [2.45, 2.75) is 31.3 Å². The zero-order chi connectivity index (χ0) is 15.3. The summed E-state index contributed by atoms with van der Waals surface area (Å²) >= 11 is 0. The maximum Gasteiger partial charge on any atom is 0.330 e. The number of anilines is 1. The molecule has 1 atom stereocenters. The molecule has 8 nitrogen and oxygen atoms in total. The Balaban J connectivity index is 1.84. The van der Waals surface area contributed by atoms with Gasteiger partial charge in [-0.2, -0.15) is 4.98 Å². The molecule has 2 aromatic rings. The van der Waals surface area contributed by atoms with Crippen LogP contribution in [-0.2, 0) is 0 Å². The van der Waals surface area contributed by atoms with E-state index in [9.17, 15) is 9.59 Å². The summed E-state index contributed by atoms with van der Waals surface area (Å²) in [6.45, 7) is 1.70. The highest BCUT2D eigenvalue weighted by Crippen LogP contribution is 2.34. The summed E-state index contributed by atoms with van der Waals surface area (Å²) in [4.78, 5) is 37.3. The van der Waals surface area contributed by atoms with Gasteiger partial charge in [0.25, 0.3) is 5.56 Å². The van der Waals surface area contributed by atoms with Crippen LogP contribution in [0, 0.1) is 0 Å². The summed E-state index contributed by atoms with van der Waals surface area (Å²) in [7, 11) is 1.94. The second-order valence-electron chi connectivity index (χ2n) is 5.99. The molecule has 1 unspecified atom stereocenters. The van der Waals surface area contributed by atoms with Crippen LogP contribution >= 0.6 is 0 Å². The van der Waals surface area contributed by atoms with E-state index in [0.717, 1.165) is 32.4 Å². The first-order valence-corrected chi connectivity index (χ1v) is 7.61. The van der Waals surface area contributed by atoms with Crippen molar-refractivity contribution in [1.82, 2.24) is 24.8 Å². The Morgan fingerprint density at radius 2 is 2.14 bits per heavy atom. The van der Waals surface area contributed by atoms with Gasteiger partial charge in [-0.05, 0) is 26.3 Å². The largest absolute Gasteiger partial charge is 0.339 e. The molecule has 116 valence electrons. The fraction of sp³-hybridized carbons (Fsp3) is 0.571. The van der Waals surface area contributed by atoms with Crippen LogP contribution in [0.5, 0.6) is 0 Å². The number of H-pyrrole nitrogens is 1. The third-order valence-electron chi connectivity index (χ3n) is 4.46. The highest BCUT2D eigenvalue weighted by molar-refractivity contribution is 5.74. The van der Waals surface area contributed by atoms with Gasteiger partial charge in [0.05, 0.1) is 0 Å². The Bertz CT molecular complexity index is 837. The van der Waals surface area contributed by atoms with E-state index in [-0.39, 0.29) is 11.7 Å². The van der Waals surface area contributed by atoms with Crippen molar-refractivity contribution >= 4 is 17.0 Å². The summed E-state index contributed by atoms with van der Waals surface area (Å²) in [5, 5.41) is 3.63. The first-order valence-electron chi connectivity index (χ1n) is 7.61. The Labute approximate surface area is 126 Å². The number of aromatic nitrogens is 4. The van der Waals surface area contributed by atoms with Crippen LogP contribution in [0.3, 0.4) is 0 Å². The van der Waals surface area contributed by atoms with Gasteiger partial charge in [-0.15, -0.1) is 0 Å². The lowest BCUT2D eigenvalue weighted by Gasteiger charge is -2.17. The topological polar surface area (TPSA) is 95.9 Å². The van der Waals surface area contributed by atoms with Crippen LogP contribution in [-0.4, -0.2) is 45.7 Å². The zero-order valence-corrected chi connectivity index (χ0v) is 12.4. The van der Waals surface area contributed by atoms with Gasteiger partial charge in [0.1, 0.15) is 5.39 Å². The number of fused-ring (bicyclic) bond motifs is 1. The van der Waals surface area contributed by atoms with E-state index in [1.54, 1.807) is 4.57 Å². The van der Waals surface area contributed by atoms with Crippen molar-refractivity contribution in [1.29, 1.82) is 0 Å². The maximum absolute atomic E-state index is 12.1. The molecule has 0 radical (unpaired) electrons. The van der Waals surface area contributed by atoms with E-state index in [1.807, 2.05) is 7.05 Å². The van der Waals surface area contributed by atoms with Gasteiger partial charge in [-0.3, -0.25) is 14.3 Å². The summed E-state index contributed by atoms with van der Waals surface area (Å²) in [5.41, 5.74) is -0.341. The number of aromatic amines is 1. The van der Waals surface area contributed by atoms with Crippen LogP contribution in [0.2, 0.25) is 0 Å². The smallest absolute Gasteiger partial charge is 0.330 e. The third-order valence-corrected chi connectivity index (χ3v) is 4.46. The van der Waals surface area contributed by atoms with Crippen LogP contribution in [0.1, 0.15) is 25.3 Å². The van der Waals surface area contributed by atoms with Gasteiger partial charge in [0, 0.05) is 31.4 Å². The minimum absolute atomic E-state index is 0.151. The molecule has 2 fully saturated rings. The molecular formula is C14H18N6O2. The molecular weight excluding hydrogens is 284 g/mol. The van der Waals surface area contributed by atoms with Crippen molar-refractivity contribution < 1.29 is 0 Å². The molecule has 1 aliphatic heterocycles. The Hall–Kier alpha value is -2.22. The minimum atomic E-state index is -0.419. The van der Waals surface area contributed by atoms with Crippen LogP contribution in [0.4, 0.5) is 5.95 Å². The molecule has 2 aliphatic rings. The summed E-state index contributed by atoms with van der Waals surface area (Å²) in [6, 6.07) is 0.572. The molecule has 0 aromatic carbocycles. The van der Waals surface area contributed by atoms with Crippen molar-refractivity contribution in [2.75, 3.05) is 25.0 Å². The van der Waals surface area contributed by atoms with Crippen LogP contribution in [0.15, 0.2) is 15.8 Å². The van der Waals surface area contributed by atoms with E-state index in [4.69, 9.17) is 0 Å². The lowest BCUT2D eigenvalue weighted by Crippen LogP contribution is -2.32. The lowest BCUT2D eigenvalue weighted by atomic mass is 10.3. The maximum atomic E-state index is 12.1. The number of likely N-dealkylation sites (N-methyl/N-ethyl adjacent to an activating group) is 1. The SMILES string of the molecule is CNC1CCN(c2ncc3c(=O)[nH]c(=O)n(C4CC4)c3n2)C1. The predicted octanol–water partition coefficient (Wildman–Crippen LogP) is -0.387. The molecule has 1 saturated heterocycles. The van der Waals surface area contributed by atoms with Crippen LogP contribution in [0.25, 0.3) is 11.0 Å². The molecule has 22 heavy (non-hydrogen) atoms. The fourth-order valence-corrected chi connectivity index (χ4v) is 3.03. The van der Waals surface area contributed by atoms with Gasteiger partial charge < -0.3 is 10.2 Å². The van der Waals surface area contributed by atoms with E-state index in [2.05, 4.69) is 25.2 Å². The summed E-state index contributed by atoms with van der Waals surface area (Å²) in [5.74, 6) is 0.588. The molecule has 1 saturated carbocycles. The summed E-state index contributed by atoms with van der Waals surface area (Å²) in [6.07, 6.45) is 4.46. The molecule has 0 bridgehead atoms. The third kappa shape index (κ3) is 2.10. The predicted molar refractivity (Wildman–Crippen MR) is 82.4 cm³/mol. The van der Waals surface area contributed by atoms with Crippen molar-refractivity contribution in [2.24, 2.45) is 0 Å². The standard InChI is InChI=1S/C14H18N6O2/c1-15-8-4-5-19(7-8)13-16-6-10-11(17-13)20(9-2-3-9)14(22)18-12(10)21/h6,8-9,15H,2-5,7H2,1H3,(H,18,21,22). The Kier molecular flexibility index (Phi) is 3.00. The van der Waals surface area contributed by atoms with E-state index in [0.29, 0.717) is 23.0 Å². The normalized spacial score (nSPS) is 21.7. The van der Waals surface area contributed by atoms with Gasteiger partial charge in [0.15, 0.2) is 5.65 Å². The monoisotopic (exact) mass is 302 g/mol. The van der Waals surface area contributed by atoms with E-state index >= 15 is 0 Å². The fourth-order valence-electron chi connectivity index (χ4n) is 3.03. The molecule has 4 rings (SSSR count). The quantitative estimate of drug-likeness (QED) is 0.802. The number of rotatable bonds is 3. The zero-order valence-electron chi connectivity index (χ0n) is 12.4. The summed E-state index contributed by atoms with van der Waals surface area (Å²) < 4.78 is 1.60. The number of hydrogen-bond donors (Lipinski definition) is 2. The van der Waals surface area contributed by atoms with Gasteiger partial charge in [-0.1, -0.05) is 0 Å². The lowest BCUT2D eigenvalue weighted by molar-refractivity contribution is 0.616. The van der Waals surface area contributed by atoms with Crippen molar-refractivity contribution in [3.8, 4) is 0 Å². The molecule has 0 amide bonds. The number of nitrogens with zero attached hydrogens (tertiary/aromatic N) is 4. The average molecular weight is 302 g/mol. The van der Waals surface area contributed by atoms with Gasteiger partial charge >= 0.3 is 5.69 Å². The minimum Gasteiger partial charge on any atom is -0.339 e. The van der Waals surface area contributed by atoms with Crippen molar-refractivity contribution in [3.05, 3.63) is 27.0 Å². The second kappa shape index (κ2) is 4.91. The Morgan fingerprint density at radius 3 is 2.82 bits per heavy atom. The highest BCUT2D eigenvalue weighted by Gasteiger charge is 2.29. The Morgan fingerprint density at radius 1 is 1.32 bits per heavy atom. The average Bonchev–Trinajstić information content (AvgIpc) is 3.22. The number of nitrogens with one attached hydrogen (secondary N) is 2. The van der Waals surface area contributed by atoms with Gasteiger partial charge in [0.2, 0.25) is 5.95 Å². The molecule has 2 N–H and O–H groups in total. The second-order valence-corrected chi connectivity index (χ2v) is 5.99. The molecule has 2 aromatic heterocycles. The van der Waals surface area contributed by atoms with E-state index < -0.39 is 5.56 Å². The van der Waals surface area contributed by atoms with E-state index in [1.165, 1.54) is 6.20 Å². The van der Waals surface area contributed by atoms with Crippen LogP contribution < -0.4 is 21.5 Å². The first kappa shape index (κ1) is 13.4. The highest BCUT2D eigenvalue weighted by atomic mass is 16.2. The van der Waals surface area contributed by atoms with Crippen molar-refractivity contribution in [3.63, 3.8) is 0 Å².